The number of hydrogen-bond acceptors (Lipinski definition) is 4. The zero-order valence-corrected chi connectivity index (χ0v) is 15.8. The van der Waals surface area contributed by atoms with Crippen LogP contribution in [-0.4, -0.2) is 31.9 Å². The molecule has 0 amide bonds. The van der Waals surface area contributed by atoms with Gasteiger partial charge in [-0.05, 0) is 47.7 Å². The van der Waals surface area contributed by atoms with Crippen LogP contribution in [0.2, 0.25) is 0 Å². The largest absolute Gasteiger partial charge is 0.309 e. The second-order valence-electron chi connectivity index (χ2n) is 5.41. The maximum absolute atomic E-state index is 12.8. The van der Waals surface area contributed by atoms with E-state index in [2.05, 4.69) is 21.2 Å². The number of thiophene rings is 1. The molecule has 1 aromatic rings. The molecule has 1 heterocycles. The molecule has 0 spiro atoms. The third-order valence-electron chi connectivity index (χ3n) is 3.41. The zero-order chi connectivity index (χ0) is 15.5. The van der Waals surface area contributed by atoms with E-state index in [1.165, 1.54) is 24.2 Å². The summed E-state index contributed by atoms with van der Waals surface area (Å²) in [6, 6.07) is 2.44. The number of rotatable bonds is 9. The minimum atomic E-state index is -3.39. The van der Waals surface area contributed by atoms with Gasteiger partial charge in [0, 0.05) is 30.6 Å². The van der Waals surface area contributed by atoms with Gasteiger partial charge in [0.15, 0.2) is 0 Å². The average Bonchev–Trinajstić information content (AvgIpc) is 3.18. The Morgan fingerprint density at radius 3 is 2.48 bits per heavy atom. The van der Waals surface area contributed by atoms with Crippen LogP contribution in [0.1, 0.15) is 44.4 Å². The summed E-state index contributed by atoms with van der Waals surface area (Å²) >= 11 is 4.94. The fraction of sp³-hybridized carbons (Fsp3) is 0.714. The number of nitrogens with one attached hydrogen (secondary N) is 1. The quantitative estimate of drug-likeness (QED) is 0.696. The number of hydrogen-bond donors (Lipinski definition) is 1. The highest BCUT2D eigenvalue weighted by atomic mass is 79.9. The van der Waals surface area contributed by atoms with Crippen LogP contribution in [-0.2, 0) is 16.6 Å². The molecule has 0 unspecified atom stereocenters. The van der Waals surface area contributed by atoms with Crippen LogP contribution in [0.15, 0.2) is 14.7 Å². The molecule has 120 valence electrons. The van der Waals surface area contributed by atoms with E-state index in [0.717, 1.165) is 24.3 Å². The van der Waals surface area contributed by atoms with E-state index in [1.807, 2.05) is 19.9 Å². The Hall–Kier alpha value is 0.0500. The lowest BCUT2D eigenvalue weighted by atomic mass is 10.4. The van der Waals surface area contributed by atoms with Crippen molar-refractivity contribution in [2.75, 3.05) is 13.1 Å². The minimum Gasteiger partial charge on any atom is -0.309 e. The highest BCUT2D eigenvalue weighted by Gasteiger charge is 2.28. The number of halogens is 1. The summed E-state index contributed by atoms with van der Waals surface area (Å²) in [7, 11) is -3.39. The third kappa shape index (κ3) is 4.51. The molecule has 2 rings (SSSR count). The van der Waals surface area contributed by atoms with Crippen LogP contribution < -0.4 is 5.32 Å². The molecule has 7 heteroatoms. The van der Waals surface area contributed by atoms with Gasteiger partial charge in [-0.1, -0.05) is 13.8 Å². The van der Waals surface area contributed by atoms with Gasteiger partial charge in [0.2, 0.25) is 10.0 Å². The predicted octanol–water partition coefficient (Wildman–Crippen LogP) is 3.57. The average molecular weight is 395 g/mol. The van der Waals surface area contributed by atoms with Crippen molar-refractivity contribution in [2.24, 2.45) is 0 Å². The lowest BCUT2D eigenvalue weighted by molar-refractivity contribution is 0.410. The van der Waals surface area contributed by atoms with Crippen molar-refractivity contribution < 1.29 is 8.42 Å². The highest BCUT2D eigenvalue weighted by molar-refractivity contribution is 9.11. The normalized spacial score (nSPS) is 15.8. The summed E-state index contributed by atoms with van der Waals surface area (Å²) in [4.78, 5) is 1.49. The van der Waals surface area contributed by atoms with Crippen LogP contribution in [0, 0.1) is 0 Å². The first kappa shape index (κ1) is 17.4. The van der Waals surface area contributed by atoms with Crippen molar-refractivity contribution in [1.82, 2.24) is 9.62 Å². The van der Waals surface area contributed by atoms with E-state index in [-0.39, 0.29) is 0 Å². The first-order valence-corrected chi connectivity index (χ1v) is 10.6. The molecule has 1 aliphatic rings. The lowest BCUT2D eigenvalue weighted by Gasteiger charge is -2.20. The van der Waals surface area contributed by atoms with Crippen LogP contribution >= 0.6 is 27.3 Å². The maximum Gasteiger partial charge on any atom is 0.245 e. The molecular weight excluding hydrogens is 372 g/mol. The van der Waals surface area contributed by atoms with E-state index in [4.69, 9.17) is 0 Å². The molecule has 0 saturated heterocycles. The molecule has 0 bridgehead atoms. The summed E-state index contributed by atoms with van der Waals surface area (Å²) in [5.74, 6) is 0. The molecule has 21 heavy (non-hydrogen) atoms. The Labute approximate surface area is 140 Å². The van der Waals surface area contributed by atoms with Crippen molar-refractivity contribution in [3.63, 3.8) is 0 Å². The van der Waals surface area contributed by atoms with E-state index >= 15 is 0 Å². The molecule has 1 saturated carbocycles. The third-order valence-corrected chi connectivity index (χ3v) is 7.56. The standard InChI is InChI=1S/C14H23BrN2O2S2/c1-3-7-17(8-4-2)21(18,19)13-9-12(20-14(13)15)10-16-11-5-6-11/h9,11,16H,3-8,10H2,1-2H3. The van der Waals surface area contributed by atoms with Gasteiger partial charge in [0.1, 0.15) is 4.90 Å². The Bertz CT molecular complexity index is 562. The lowest BCUT2D eigenvalue weighted by Crippen LogP contribution is -2.32. The molecule has 0 radical (unpaired) electrons. The Morgan fingerprint density at radius 2 is 1.95 bits per heavy atom. The SMILES string of the molecule is CCCN(CCC)S(=O)(=O)c1cc(CNC2CC2)sc1Br. The zero-order valence-electron chi connectivity index (χ0n) is 12.6. The van der Waals surface area contributed by atoms with Gasteiger partial charge in [-0.3, -0.25) is 0 Å². The summed E-state index contributed by atoms with van der Waals surface area (Å²) in [6.07, 6.45) is 4.13. The van der Waals surface area contributed by atoms with Crippen molar-refractivity contribution in [3.05, 3.63) is 14.7 Å². The Kier molecular flexibility index (Phi) is 6.25. The van der Waals surface area contributed by atoms with Crippen LogP contribution in [0.3, 0.4) is 0 Å². The molecule has 1 aromatic heterocycles. The van der Waals surface area contributed by atoms with Gasteiger partial charge < -0.3 is 5.32 Å². The number of sulfonamides is 1. The fourth-order valence-electron chi connectivity index (χ4n) is 2.18. The maximum atomic E-state index is 12.8. The molecular formula is C14H23BrN2O2S2. The molecule has 0 atom stereocenters. The van der Waals surface area contributed by atoms with Gasteiger partial charge in [-0.15, -0.1) is 11.3 Å². The minimum absolute atomic E-state index is 0.419. The number of nitrogens with zero attached hydrogens (tertiary/aromatic N) is 1. The van der Waals surface area contributed by atoms with Gasteiger partial charge in [-0.2, -0.15) is 4.31 Å². The van der Waals surface area contributed by atoms with E-state index in [0.29, 0.717) is 27.8 Å². The molecule has 1 fully saturated rings. The van der Waals surface area contributed by atoms with E-state index in [1.54, 1.807) is 4.31 Å². The predicted molar refractivity (Wildman–Crippen MR) is 91.2 cm³/mol. The van der Waals surface area contributed by atoms with Crippen molar-refractivity contribution in [3.8, 4) is 0 Å². The second-order valence-corrected chi connectivity index (χ2v) is 9.77. The van der Waals surface area contributed by atoms with E-state index in [9.17, 15) is 8.42 Å². The highest BCUT2D eigenvalue weighted by Crippen LogP contribution is 2.34. The van der Waals surface area contributed by atoms with Crippen molar-refractivity contribution in [1.29, 1.82) is 0 Å². The van der Waals surface area contributed by atoms with Gasteiger partial charge in [0.25, 0.3) is 0 Å². The van der Waals surface area contributed by atoms with Gasteiger partial charge in [0.05, 0.1) is 3.79 Å². The monoisotopic (exact) mass is 394 g/mol. The second kappa shape index (κ2) is 7.55. The molecule has 1 aliphatic carbocycles. The van der Waals surface area contributed by atoms with E-state index < -0.39 is 10.0 Å². The molecule has 1 N–H and O–H groups in total. The Morgan fingerprint density at radius 1 is 1.33 bits per heavy atom. The molecule has 4 nitrogen and oxygen atoms in total. The topological polar surface area (TPSA) is 49.4 Å². The van der Waals surface area contributed by atoms with Crippen LogP contribution in [0.4, 0.5) is 0 Å². The van der Waals surface area contributed by atoms with Crippen molar-refractivity contribution >= 4 is 37.3 Å². The Balaban J connectivity index is 2.16. The van der Waals surface area contributed by atoms with Gasteiger partial charge in [-0.25, -0.2) is 8.42 Å². The smallest absolute Gasteiger partial charge is 0.245 e. The van der Waals surface area contributed by atoms with Crippen molar-refractivity contribution in [2.45, 2.75) is 57.0 Å². The summed E-state index contributed by atoms with van der Waals surface area (Å²) in [6.45, 7) is 5.92. The fourth-order valence-corrected chi connectivity index (χ4v) is 6.39. The molecule has 0 aliphatic heterocycles. The first-order valence-electron chi connectivity index (χ1n) is 7.50. The summed E-state index contributed by atoms with van der Waals surface area (Å²) in [5, 5.41) is 3.43. The first-order chi connectivity index (χ1) is 9.98. The van der Waals surface area contributed by atoms with Crippen LogP contribution in [0.25, 0.3) is 0 Å². The summed E-state index contributed by atoms with van der Waals surface area (Å²) < 4.78 is 27.9. The van der Waals surface area contributed by atoms with Crippen LogP contribution in [0.5, 0.6) is 0 Å². The van der Waals surface area contributed by atoms with Gasteiger partial charge >= 0.3 is 0 Å². The molecule has 0 aromatic carbocycles. The summed E-state index contributed by atoms with van der Waals surface area (Å²) in [5.41, 5.74) is 0.